The molecule has 186 valence electrons. The molecule has 0 fully saturated rings. The van der Waals surface area contributed by atoms with Crippen LogP contribution >= 0.6 is 23.2 Å². The van der Waals surface area contributed by atoms with E-state index in [1.807, 2.05) is 0 Å². The zero-order valence-corrected chi connectivity index (χ0v) is 21.5. The zero-order chi connectivity index (χ0) is 26.0. The number of hydrogen-bond donors (Lipinski definition) is 1. The fourth-order valence-corrected chi connectivity index (χ4v) is 3.80. The van der Waals surface area contributed by atoms with E-state index in [0.29, 0.717) is 39.4 Å². The van der Waals surface area contributed by atoms with Crippen molar-refractivity contribution in [2.24, 2.45) is 0 Å². The van der Waals surface area contributed by atoms with E-state index < -0.39 is 11.2 Å². The molecule has 0 atom stereocenters. The summed E-state index contributed by atoms with van der Waals surface area (Å²) in [6.45, 7) is 4.89. The highest BCUT2D eigenvalue weighted by molar-refractivity contribution is 6.33. The van der Waals surface area contributed by atoms with Gasteiger partial charge in [0.05, 0.1) is 29.2 Å². The van der Waals surface area contributed by atoms with Crippen molar-refractivity contribution in [2.75, 3.05) is 7.11 Å². The smallest absolute Gasteiger partial charge is 0.280 e. The van der Waals surface area contributed by atoms with Crippen molar-refractivity contribution in [1.29, 1.82) is 0 Å². The van der Waals surface area contributed by atoms with Gasteiger partial charge in [-0.15, -0.1) is 0 Å². The average Bonchev–Trinajstić information content (AvgIpc) is 2.86. The van der Waals surface area contributed by atoms with Crippen molar-refractivity contribution in [2.45, 2.75) is 33.0 Å². The summed E-state index contributed by atoms with van der Waals surface area (Å²) in [5, 5.41) is 10.4. The number of nitrogens with zero attached hydrogens (tertiary/aromatic N) is 5. The van der Waals surface area contributed by atoms with Crippen molar-refractivity contribution < 1.29 is 14.6 Å². The monoisotopic (exact) mass is 527 g/mol. The first-order valence-corrected chi connectivity index (χ1v) is 11.6. The van der Waals surface area contributed by atoms with Crippen molar-refractivity contribution in [3.63, 3.8) is 0 Å². The molecule has 0 aliphatic rings. The standard InChI is InChI=1S/C25H23Cl2N5O4/c1-14-29-22(36-13-16-6-5-7-20(30-16)35-4)21(27)23(33)32(14)19-12-15(8-9-17(19)26)18-10-11-28-24(31-18)25(2,3)34/h5-12,34H,13H2,1-4H3. The second-order valence-electron chi connectivity index (χ2n) is 8.37. The van der Waals surface area contributed by atoms with E-state index in [9.17, 15) is 9.90 Å². The van der Waals surface area contributed by atoms with Gasteiger partial charge in [-0.25, -0.2) is 15.0 Å². The van der Waals surface area contributed by atoms with Gasteiger partial charge in [0.2, 0.25) is 11.8 Å². The van der Waals surface area contributed by atoms with Crippen LogP contribution in [-0.4, -0.2) is 36.7 Å². The number of aliphatic hydroxyl groups is 1. The van der Waals surface area contributed by atoms with Gasteiger partial charge < -0.3 is 14.6 Å². The fourth-order valence-electron chi connectivity index (χ4n) is 3.41. The Hall–Kier alpha value is -3.53. The molecule has 4 aromatic rings. The average molecular weight is 528 g/mol. The highest BCUT2D eigenvalue weighted by Gasteiger charge is 2.21. The van der Waals surface area contributed by atoms with Crippen LogP contribution in [-0.2, 0) is 12.2 Å². The van der Waals surface area contributed by atoms with Gasteiger partial charge in [0.1, 0.15) is 18.0 Å². The molecule has 11 heteroatoms. The Morgan fingerprint density at radius 1 is 1.08 bits per heavy atom. The number of hydrogen-bond acceptors (Lipinski definition) is 8. The summed E-state index contributed by atoms with van der Waals surface area (Å²) in [6, 6.07) is 12.1. The molecule has 3 heterocycles. The lowest BCUT2D eigenvalue weighted by Gasteiger charge is -2.17. The topological polar surface area (TPSA) is 112 Å². The molecule has 36 heavy (non-hydrogen) atoms. The third kappa shape index (κ3) is 5.33. The Labute approximate surface area is 217 Å². The van der Waals surface area contributed by atoms with Gasteiger partial charge in [-0.05, 0) is 45.0 Å². The number of aryl methyl sites for hydroxylation is 1. The number of pyridine rings is 1. The Balaban J connectivity index is 1.71. The summed E-state index contributed by atoms with van der Waals surface area (Å²) in [4.78, 5) is 30.5. The van der Waals surface area contributed by atoms with Gasteiger partial charge in [0.25, 0.3) is 5.56 Å². The lowest BCUT2D eigenvalue weighted by molar-refractivity contribution is 0.0688. The molecule has 0 saturated carbocycles. The summed E-state index contributed by atoms with van der Waals surface area (Å²) < 4.78 is 12.1. The van der Waals surface area contributed by atoms with Crippen LogP contribution in [0, 0.1) is 6.92 Å². The highest BCUT2D eigenvalue weighted by atomic mass is 35.5. The SMILES string of the molecule is COc1cccc(COc2nc(C)n(-c3cc(-c4ccnc(C(C)(C)O)n4)ccc3Cl)c(=O)c2Cl)n1. The van der Waals surface area contributed by atoms with Crippen LogP contribution in [0.4, 0.5) is 0 Å². The molecule has 0 radical (unpaired) electrons. The normalized spacial score (nSPS) is 11.4. The van der Waals surface area contributed by atoms with E-state index in [1.54, 1.807) is 69.4 Å². The number of benzene rings is 1. The third-order valence-electron chi connectivity index (χ3n) is 5.20. The van der Waals surface area contributed by atoms with Gasteiger partial charge in [0, 0.05) is 17.8 Å². The number of ether oxygens (including phenoxy) is 2. The lowest BCUT2D eigenvalue weighted by Crippen LogP contribution is -2.24. The van der Waals surface area contributed by atoms with Crippen LogP contribution < -0.4 is 15.0 Å². The molecular formula is C25H23Cl2N5O4. The predicted molar refractivity (Wildman–Crippen MR) is 136 cm³/mol. The summed E-state index contributed by atoms with van der Waals surface area (Å²) in [5.74, 6) is 1.01. The van der Waals surface area contributed by atoms with Gasteiger partial charge in [-0.1, -0.05) is 35.3 Å². The minimum atomic E-state index is -1.22. The molecule has 0 aliphatic heterocycles. The van der Waals surface area contributed by atoms with Crippen molar-refractivity contribution in [3.8, 4) is 28.7 Å². The van der Waals surface area contributed by atoms with Crippen molar-refractivity contribution in [1.82, 2.24) is 24.5 Å². The largest absolute Gasteiger partial charge is 0.481 e. The molecule has 9 nitrogen and oxygen atoms in total. The molecule has 0 spiro atoms. The molecule has 3 aromatic heterocycles. The van der Waals surface area contributed by atoms with E-state index in [0.717, 1.165) is 0 Å². The summed E-state index contributed by atoms with van der Waals surface area (Å²) in [5.41, 5.74) is 0.406. The summed E-state index contributed by atoms with van der Waals surface area (Å²) in [7, 11) is 1.52. The first-order valence-electron chi connectivity index (χ1n) is 10.9. The van der Waals surface area contributed by atoms with Crippen molar-refractivity contribution >= 4 is 23.2 Å². The Bertz CT molecular complexity index is 1480. The quantitative estimate of drug-likeness (QED) is 0.373. The first kappa shape index (κ1) is 25.6. The van der Waals surface area contributed by atoms with Crippen LogP contribution in [0.1, 0.15) is 31.2 Å². The highest BCUT2D eigenvalue weighted by Crippen LogP contribution is 2.29. The Morgan fingerprint density at radius 2 is 1.86 bits per heavy atom. The fraction of sp³-hybridized carbons (Fsp3) is 0.240. The van der Waals surface area contributed by atoms with E-state index in [-0.39, 0.29) is 23.3 Å². The number of halogens is 2. The van der Waals surface area contributed by atoms with Gasteiger partial charge in [0.15, 0.2) is 10.8 Å². The Kier molecular flexibility index (Phi) is 7.26. The molecule has 4 rings (SSSR count). The van der Waals surface area contributed by atoms with Crippen LogP contribution in [0.15, 0.2) is 53.5 Å². The van der Waals surface area contributed by atoms with Gasteiger partial charge >= 0.3 is 0 Å². The van der Waals surface area contributed by atoms with Crippen LogP contribution in [0.25, 0.3) is 16.9 Å². The minimum absolute atomic E-state index is 0.0158. The molecule has 0 aliphatic carbocycles. The first-order chi connectivity index (χ1) is 17.1. The lowest BCUT2D eigenvalue weighted by atomic mass is 10.1. The second-order valence-corrected chi connectivity index (χ2v) is 9.15. The van der Waals surface area contributed by atoms with E-state index >= 15 is 0 Å². The Morgan fingerprint density at radius 3 is 2.58 bits per heavy atom. The molecule has 0 amide bonds. The van der Waals surface area contributed by atoms with Gasteiger partial charge in [-0.3, -0.25) is 9.36 Å². The summed E-state index contributed by atoms with van der Waals surface area (Å²) >= 11 is 12.8. The van der Waals surface area contributed by atoms with Gasteiger partial charge in [-0.2, -0.15) is 4.98 Å². The van der Waals surface area contributed by atoms with Crippen LogP contribution in [0.2, 0.25) is 10.0 Å². The van der Waals surface area contributed by atoms with Crippen LogP contribution in [0.3, 0.4) is 0 Å². The van der Waals surface area contributed by atoms with E-state index in [1.165, 1.54) is 11.7 Å². The molecule has 0 unspecified atom stereocenters. The maximum Gasteiger partial charge on any atom is 0.280 e. The molecule has 0 saturated heterocycles. The number of methoxy groups -OCH3 is 1. The molecular weight excluding hydrogens is 505 g/mol. The zero-order valence-electron chi connectivity index (χ0n) is 20.0. The predicted octanol–water partition coefficient (Wildman–Crippen LogP) is 4.51. The molecule has 0 bridgehead atoms. The maximum atomic E-state index is 13.3. The van der Waals surface area contributed by atoms with E-state index in [2.05, 4.69) is 19.9 Å². The van der Waals surface area contributed by atoms with E-state index in [4.69, 9.17) is 32.7 Å². The molecule has 1 aromatic carbocycles. The third-order valence-corrected chi connectivity index (χ3v) is 5.84. The number of rotatable bonds is 7. The van der Waals surface area contributed by atoms with Crippen LogP contribution in [0.5, 0.6) is 11.8 Å². The second kappa shape index (κ2) is 10.2. The van der Waals surface area contributed by atoms with Crippen molar-refractivity contribution in [3.05, 3.63) is 86.4 Å². The summed E-state index contributed by atoms with van der Waals surface area (Å²) in [6.07, 6.45) is 1.56. The maximum absolute atomic E-state index is 13.3. The molecule has 1 N–H and O–H groups in total. The minimum Gasteiger partial charge on any atom is -0.481 e. The number of aromatic nitrogens is 5.